The molecule has 1 saturated heterocycles. The maximum atomic E-state index is 11.3. The molecule has 0 spiro atoms. The topological polar surface area (TPSA) is 145 Å². The molecule has 1 aliphatic rings. The van der Waals surface area contributed by atoms with Crippen molar-refractivity contribution < 1.29 is 19.1 Å². The number of likely N-dealkylation sites (tertiary alicyclic amines) is 1. The van der Waals surface area contributed by atoms with E-state index in [9.17, 15) is 9.90 Å². The van der Waals surface area contributed by atoms with Crippen LogP contribution < -0.4 is 15.8 Å². The van der Waals surface area contributed by atoms with E-state index in [-0.39, 0.29) is 6.04 Å². The molecule has 1 amide bonds. The summed E-state index contributed by atoms with van der Waals surface area (Å²) in [7, 11) is 1.62. The summed E-state index contributed by atoms with van der Waals surface area (Å²) < 4.78 is 13.1. The van der Waals surface area contributed by atoms with E-state index < -0.39 is 6.09 Å². The minimum Gasteiger partial charge on any atom is -0.495 e. The maximum absolute atomic E-state index is 11.3. The number of methoxy groups -OCH3 is 1. The van der Waals surface area contributed by atoms with Crippen LogP contribution in [0.25, 0.3) is 22.3 Å². The SMILES string of the molecule is COc1cc(-c2nn(C3CCN(C(=O)O)CC3)c3ncnc(N)c23)ccc1NCc1ccc(C)o1. The second kappa shape index (κ2) is 9.16. The van der Waals surface area contributed by atoms with Crippen LogP contribution >= 0.6 is 0 Å². The third kappa shape index (κ3) is 4.32. The van der Waals surface area contributed by atoms with Crippen LogP contribution in [0.4, 0.5) is 16.3 Å². The van der Waals surface area contributed by atoms with Crippen molar-refractivity contribution in [1.29, 1.82) is 0 Å². The Kier molecular flexibility index (Phi) is 5.89. The molecule has 0 atom stereocenters. The number of ether oxygens (including phenoxy) is 1. The summed E-state index contributed by atoms with van der Waals surface area (Å²) >= 11 is 0. The fourth-order valence-electron chi connectivity index (χ4n) is 4.50. The van der Waals surface area contributed by atoms with Gasteiger partial charge < -0.3 is 30.2 Å². The van der Waals surface area contributed by atoms with Crippen LogP contribution in [-0.2, 0) is 6.54 Å². The van der Waals surface area contributed by atoms with Crippen molar-refractivity contribution in [1.82, 2.24) is 24.6 Å². The van der Waals surface area contributed by atoms with Gasteiger partial charge in [0, 0.05) is 18.7 Å². The van der Waals surface area contributed by atoms with Crippen LogP contribution in [0, 0.1) is 6.92 Å². The molecule has 35 heavy (non-hydrogen) atoms. The van der Waals surface area contributed by atoms with E-state index in [4.69, 9.17) is 20.0 Å². The first kappa shape index (κ1) is 22.5. The quantitative estimate of drug-likeness (QED) is 0.376. The Balaban J connectivity index is 1.48. The summed E-state index contributed by atoms with van der Waals surface area (Å²) in [6.07, 6.45) is 1.81. The maximum Gasteiger partial charge on any atom is 0.407 e. The Labute approximate surface area is 201 Å². The molecular weight excluding hydrogens is 450 g/mol. The number of benzene rings is 1. The van der Waals surface area contributed by atoms with Crippen LogP contribution in [0.5, 0.6) is 5.75 Å². The number of hydrogen-bond donors (Lipinski definition) is 3. The van der Waals surface area contributed by atoms with E-state index in [0.717, 1.165) is 22.8 Å². The van der Waals surface area contributed by atoms with Gasteiger partial charge in [0.1, 0.15) is 35.1 Å². The molecule has 5 rings (SSSR count). The Morgan fingerprint density at radius 1 is 1.26 bits per heavy atom. The first-order chi connectivity index (χ1) is 16.9. The zero-order valence-electron chi connectivity index (χ0n) is 19.6. The first-order valence-electron chi connectivity index (χ1n) is 11.4. The summed E-state index contributed by atoms with van der Waals surface area (Å²) in [5.41, 5.74) is 9.19. The van der Waals surface area contributed by atoms with Gasteiger partial charge in [0.05, 0.1) is 30.8 Å². The van der Waals surface area contributed by atoms with E-state index in [1.165, 1.54) is 11.2 Å². The van der Waals surface area contributed by atoms with Crippen LogP contribution in [0.2, 0.25) is 0 Å². The largest absolute Gasteiger partial charge is 0.495 e. The Morgan fingerprint density at radius 3 is 2.74 bits per heavy atom. The number of aryl methyl sites for hydroxylation is 1. The number of hydrogen-bond acceptors (Lipinski definition) is 8. The normalized spacial score (nSPS) is 14.4. The molecule has 4 aromatic rings. The average molecular weight is 478 g/mol. The predicted octanol–water partition coefficient (Wildman–Crippen LogP) is 3.91. The number of furan rings is 1. The number of amides is 1. The van der Waals surface area contributed by atoms with Gasteiger partial charge in [-0.3, -0.25) is 0 Å². The van der Waals surface area contributed by atoms with E-state index >= 15 is 0 Å². The van der Waals surface area contributed by atoms with Gasteiger partial charge in [-0.15, -0.1) is 0 Å². The zero-order valence-corrected chi connectivity index (χ0v) is 19.6. The highest BCUT2D eigenvalue weighted by molar-refractivity contribution is 5.98. The number of rotatable bonds is 6. The lowest BCUT2D eigenvalue weighted by Crippen LogP contribution is -2.38. The number of nitrogen functional groups attached to an aromatic ring is 1. The number of piperidine rings is 1. The number of nitrogens with zero attached hydrogens (tertiary/aromatic N) is 5. The summed E-state index contributed by atoms with van der Waals surface area (Å²) in [5, 5.41) is 18.2. The van der Waals surface area contributed by atoms with Crippen molar-refractivity contribution in [3.63, 3.8) is 0 Å². The van der Waals surface area contributed by atoms with Crippen molar-refractivity contribution in [2.45, 2.75) is 32.4 Å². The van der Waals surface area contributed by atoms with Crippen LogP contribution in [0.15, 0.2) is 41.1 Å². The summed E-state index contributed by atoms with van der Waals surface area (Å²) in [4.78, 5) is 21.4. The Morgan fingerprint density at radius 2 is 2.06 bits per heavy atom. The molecule has 0 aliphatic carbocycles. The Hall–Kier alpha value is -4.28. The standard InChI is InChI=1S/C24H27N7O4/c1-14-3-5-17(35-14)12-26-18-6-4-15(11-19(18)34-2)21-20-22(25)27-13-28-23(20)31(29-21)16-7-9-30(10-8-16)24(32)33/h3-6,11,13,16,26H,7-10,12H2,1-2H3,(H,32,33)(H2,25,27,28). The molecule has 1 aliphatic heterocycles. The molecular formula is C24H27N7O4. The molecule has 0 unspecified atom stereocenters. The van der Waals surface area contributed by atoms with Gasteiger partial charge in [0.25, 0.3) is 0 Å². The van der Waals surface area contributed by atoms with E-state index in [1.54, 1.807) is 7.11 Å². The van der Waals surface area contributed by atoms with Crippen LogP contribution in [-0.4, -0.2) is 56.0 Å². The minimum absolute atomic E-state index is 0.00994. The lowest BCUT2D eigenvalue weighted by Gasteiger charge is -2.30. The molecule has 0 radical (unpaired) electrons. The van der Waals surface area contributed by atoms with Crippen molar-refractivity contribution in [3.8, 4) is 17.0 Å². The highest BCUT2D eigenvalue weighted by Crippen LogP contribution is 2.37. The third-order valence-electron chi connectivity index (χ3n) is 6.32. The molecule has 1 fully saturated rings. The molecule has 4 heterocycles. The van der Waals surface area contributed by atoms with Gasteiger partial charge in [-0.2, -0.15) is 5.10 Å². The number of carboxylic acid groups (broad SMARTS) is 1. The lowest BCUT2D eigenvalue weighted by molar-refractivity contribution is 0.124. The van der Waals surface area contributed by atoms with Crippen LogP contribution in [0.1, 0.15) is 30.4 Å². The van der Waals surface area contributed by atoms with Gasteiger partial charge in [-0.05, 0) is 44.0 Å². The second-order valence-electron chi connectivity index (χ2n) is 8.53. The predicted molar refractivity (Wildman–Crippen MR) is 130 cm³/mol. The zero-order chi connectivity index (χ0) is 24.5. The van der Waals surface area contributed by atoms with E-state index in [1.807, 2.05) is 41.9 Å². The molecule has 4 N–H and O–H groups in total. The number of carbonyl (C=O) groups is 1. The highest BCUT2D eigenvalue weighted by Gasteiger charge is 2.27. The van der Waals surface area contributed by atoms with Gasteiger partial charge in [0.2, 0.25) is 0 Å². The smallest absolute Gasteiger partial charge is 0.407 e. The fourth-order valence-corrected chi connectivity index (χ4v) is 4.50. The molecule has 3 aromatic heterocycles. The molecule has 182 valence electrons. The van der Waals surface area contributed by atoms with Crippen molar-refractivity contribution >= 4 is 28.6 Å². The lowest BCUT2D eigenvalue weighted by atomic mass is 10.1. The Bertz CT molecular complexity index is 1370. The van der Waals surface area contributed by atoms with Gasteiger partial charge >= 0.3 is 6.09 Å². The minimum atomic E-state index is -0.899. The summed E-state index contributed by atoms with van der Waals surface area (Å²) in [6.45, 7) is 3.32. The highest BCUT2D eigenvalue weighted by atomic mass is 16.5. The molecule has 0 saturated carbocycles. The van der Waals surface area contributed by atoms with E-state index in [0.29, 0.717) is 60.8 Å². The second-order valence-corrected chi connectivity index (χ2v) is 8.53. The van der Waals surface area contributed by atoms with E-state index in [2.05, 4.69) is 15.3 Å². The average Bonchev–Trinajstić information content (AvgIpc) is 3.47. The van der Waals surface area contributed by atoms with Gasteiger partial charge in [0.15, 0.2) is 5.65 Å². The first-order valence-corrected chi connectivity index (χ1v) is 11.4. The number of nitrogens with one attached hydrogen (secondary N) is 1. The van der Waals surface area contributed by atoms with Crippen LogP contribution in [0.3, 0.4) is 0 Å². The van der Waals surface area contributed by atoms with Gasteiger partial charge in [-0.25, -0.2) is 19.4 Å². The summed E-state index contributed by atoms with van der Waals surface area (Å²) in [5.74, 6) is 2.68. The monoisotopic (exact) mass is 477 g/mol. The third-order valence-corrected chi connectivity index (χ3v) is 6.32. The fraction of sp³-hybridized carbons (Fsp3) is 0.333. The number of fused-ring (bicyclic) bond motifs is 1. The number of nitrogens with two attached hydrogens (primary N) is 1. The summed E-state index contributed by atoms with van der Waals surface area (Å²) in [6, 6.07) is 9.66. The molecule has 11 nitrogen and oxygen atoms in total. The van der Waals surface area contributed by atoms with Crippen molar-refractivity contribution in [2.75, 3.05) is 31.2 Å². The molecule has 0 bridgehead atoms. The number of aromatic nitrogens is 4. The van der Waals surface area contributed by atoms with Crippen molar-refractivity contribution in [3.05, 3.63) is 48.2 Å². The van der Waals surface area contributed by atoms with Gasteiger partial charge in [-0.1, -0.05) is 6.07 Å². The molecule has 1 aromatic carbocycles. The number of anilines is 2. The van der Waals surface area contributed by atoms with Crippen molar-refractivity contribution in [2.24, 2.45) is 0 Å². The molecule has 11 heteroatoms.